The molecule has 108 valence electrons. The predicted octanol–water partition coefficient (Wildman–Crippen LogP) is 2.82. The number of likely N-dealkylation sites (tertiary alicyclic amines) is 1. The highest BCUT2D eigenvalue weighted by atomic mass is 79.9. The summed E-state index contributed by atoms with van der Waals surface area (Å²) in [4.78, 5) is 29.1. The zero-order valence-electron chi connectivity index (χ0n) is 10.9. The third-order valence-corrected chi connectivity index (χ3v) is 4.44. The molecule has 1 aromatic rings. The predicted molar refractivity (Wildman–Crippen MR) is 77.8 cm³/mol. The van der Waals surface area contributed by atoms with Gasteiger partial charge in [-0.1, -0.05) is 11.6 Å². The topological polar surface area (TPSA) is 70.5 Å². The lowest BCUT2D eigenvalue weighted by molar-refractivity contribution is -0.150. The molecule has 20 heavy (non-hydrogen) atoms. The number of halogens is 2. The quantitative estimate of drug-likeness (QED) is 0.822. The number of carboxylic acids is 1. The SMILES string of the molecule is CC1(C(=O)O)CCN(C(=O)c2cc(Br)cnc2Cl)CC1. The number of hydrogen-bond donors (Lipinski definition) is 1. The summed E-state index contributed by atoms with van der Waals surface area (Å²) >= 11 is 9.20. The lowest BCUT2D eigenvalue weighted by Gasteiger charge is -2.36. The summed E-state index contributed by atoms with van der Waals surface area (Å²) in [6.45, 7) is 2.53. The van der Waals surface area contributed by atoms with Gasteiger partial charge in [-0.3, -0.25) is 9.59 Å². The Kier molecular flexibility index (Phi) is 4.34. The number of pyridine rings is 1. The molecule has 1 N–H and O–H groups in total. The van der Waals surface area contributed by atoms with Crippen molar-refractivity contribution in [3.63, 3.8) is 0 Å². The van der Waals surface area contributed by atoms with Crippen molar-refractivity contribution in [1.82, 2.24) is 9.88 Å². The van der Waals surface area contributed by atoms with E-state index in [0.29, 0.717) is 36.0 Å². The minimum atomic E-state index is -0.813. The molecule has 1 aliphatic rings. The van der Waals surface area contributed by atoms with Gasteiger partial charge in [-0.15, -0.1) is 0 Å². The molecule has 0 saturated carbocycles. The van der Waals surface area contributed by atoms with Gasteiger partial charge < -0.3 is 10.0 Å². The Balaban J connectivity index is 2.13. The van der Waals surface area contributed by atoms with Gasteiger partial charge in [-0.05, 0) is 41.8 Å². The molecular formula is C13H14BrClN2O3. The zero-order chi connectivity index (χ0) is 14.9. The van der Waals surface area contributed by atoms with E-state index in [1.165, 1.54) is 6.20 Å². The highest BCUT2D eigenvalue weighted by Crippen LogP contribution is 2.32. The minimum absolute atomic E-state index is 0.157. The third-order valence-electron chi connectivity index (χ3n) is 3.71. The Morgan fingerprint density at radius 2 is 2.05 bits per heavy atom. The highest BCUT2D eigenvalue weighted by molar-refractivity contribution is 9.10. The molecule has 7 heteroatoms. The molecule has 0 atom stereocenters. The number of carbonyl (C=O) groups is 2. The van der Waals surface area contributed by atoms with E-state index >= 15 is 0 Å². The fourth-order valence-electron chi connectivity index (χ4n) is 2.16. The summed E-state index contributed by atoms with van der Waals surface area (Å²) in [6.07, 6.45) is 2.40. The number of amides is 1. The van der Waals surface area contributed by atoms with E-state index in [9.17, 15) is 14.7 Å². The van der Waals surface area contributed by atoms with Crippen molar-refractivity contribution in [2.75, 3.05) is 13.1 Å². The van der Waals surface area contributed by atoms with Gasteiger partial charge in [-0.2, -0.15) is 0 Å². The first-order valence-corrected chi connectivity index (χ1v) is 7.34. The normalized spacial score (nSPS) is 17.9. The van der Waals surface area contributed by atoms with Crippen molar-refractivity contribution in [2.45, 2.75) is 19.8 Å². The maximum absolute atomic E-state index is 12.4. The Morgan fingerprint density at radius 3 is 2.60 bits per heavy atom. The second-order valence-corrected chi connectivity index (χ2v) is 6.42. The minimum Gasteiger partial charge on any atom is -0.481 e. The van der Waals surface area contributed by atoms with Crippen LogP contribution in [0.1, 0.15) is 30.1 Å². The number of nitrogens with zero attached hydrogens (tertiary/aromatic N) is 2. The molecule has 1 aliphatic heterocycles. The Hall–Kier alpha value is -1.14. The van der Waals surface area contributed by atoms with Gasteiger partial charge in [0.2, 0.25) is 0 Å². The van der Waals surface area contributed by atoms with Gasteiger partial charge in [0.1, 0.15) is 5.15 Å². The third kappa shape index (κ3) is 2.96. The second-order valence-electron chi connectivity index (χ2n) is 5.15. The van der Waals surface area contributed by atoms with E-state index in [1.54, 1.807) is 17.9 Å². The van der Waals surface area contributed by atoms with Crippen LogP contribution in [0.4, 0.5) is 0 Å². The fourth-order valence-corrected chi connectivity index (χ4v) is 2.68. The Morgan fingerprint density at radius 1 is 1.45 bits per heavy atom. The lowest BCUT2D eigenvalue weighted by Crippen LogP contribution is -2.45. The first-order valence-electron chi connectivity index (χ1n) is 6.17. The van der Waals surface area contributed by atoms with Gasteiger partial charge in [0, 0.05) is 23.8 Å². The fraction of sp³-hybridized carbons (Fsp3) is 0.462. The van der Waals surface area contributed by atoms with Crippen LogP contribution in [0.2, 0.25) is 5.15 Å². The molecule has 0 aromatic carbocycles. The van der Waals surface area contributed by atoms with E-state index in [0.717, 1.165) is 0 Å². The smallest absolute Gasteiger partial charge is 0.309 e. The lowest BCUT2D eigenvalue weighted by atomic mass is 9.80. The number of carboxylic acid groups (broad SMARTS) is 1. The largest absolute Gasteiger partial charge is 0.481 e. The van der Waals surface area contributed by atoms with Gasteiger partial charge in [0.15, 0.2) is 0 Å². The van der Waals surface area contributed by atoms with E-state index in [-0.39, 0.29) is 11.1 Å². The summed E-state index contributed by atoms with van der Waals surface area (Å²) in [5, 5.41) is 9.34. The number of piperidine rings is 1. The summed E-state index contributed by atoms with van der Waals surface area (Å²) in [5.41, 5.74) is -0.421. The average molecular weight is 362 g/mol. The first-order chi connectivity index (χ1) is 9.33. The zero-order valence-corrected chi connectivity index (χ0v) is 13.2. The van der Waals surface area contributed by atoms with Gasteiger partial charge in [0.25, 0.3) is 5.91 Å². The highest BCUT2D eigenvalue weighted by Gasteiger charge is 2.38. The maximum Gasteiger partial charge on any atom is 0.309 e. The molecule has 2 rings (SSSR count). The van der Waals surface area contributed by atoms with Crippen LogP contribution < -0.4 is 0 Å². The Labute approximate surface area is 130 Å². The van der Waals surface area contributed by atoms with Crippen LogP contribution in [-0.2, 0) is 4.79 Å². The van der Waals surface area contributed by atoms with Crippen molar-refractivity contribution in [3.8, 4) is 0 Å². The first kappa shape index (κ1) is 15.3. The molecule has 1 fully saturated rings. The summed E-state index contributed by atoms with van der Waals surface area (Å²) < 4.78 is 0.678. The molecule has 0 unspecified atom stereocenters. The van der Waals surface area contributed by atoms with Crippen molar-refractivity contribution in [3.05, 3.63) is 27.5 Å². The number of hydrogen-bond acceptors (Lipinski definition) is 3. The second kappa shape index (κ2) is 5.69. The van der Waals surface area contributed by atoms with Crippen molar-refractivity contribution >= 4 is 39.4 Å². The summed E-state index contributed by atoms with van der Waals surface area (Å²) in [7, 11) is 0. The molecule has 1 saturated heterocycles. The summed E-state index contributed by atoms with van der Waals surface area (Å²) in [5.74, 6) is -1.03. The van der Waals surface area contributed by atoms with E-state index in [1.807, 2.05) is 0 Å². The molecule has 0 radical (unpaired) electrons. The molecule has 0 aliphatic carbocycles. The molecule has 2 heterocycles. The Bertz CT molecular complexity index is 557. The monoisotopic (exact) mass is 360 g/mol. The van der Waals surface area contributed by atoms with E-state index in [2.05, 4.69) is 20.9 Å². The number of rotatable bonds is 2. The van der Waals surface area contributed by atoms with Gasteiger partial charge in [0.05, 0.1) is 11.0 Å². The number of carbonyl (C=O) groups excluding carboxylic acids is 1. The van der Waals surface area contributed by atoms with Crippen molar-refractivity contribution in [1.29, 1.82) is 0 Å². The number of aromatic nitrogens is 1. The molecule has 0 spiro atoms. The van der Waals surface area contributed by atoms with Crippen LogP contribution in [0.15, 0.2) is 16.7 Å². The van der Waals surface area contributed by atoms with Crippen molar-refractivity contribution in [2.24, 2.45) is 5.41 Å². The van der Waals surface area contributed by atoms with Gasteiger partial charge >= 0.3 is 5.97 Å². The van der Waals surface area contributed by atoms with Crippen LogP contribution in [-0.4, -0.2) is 40.0 Å². The molecular weight excluding hydrogens is 348 g/mol. The van der Waals surface area contributed by atoms with Gasteiger partial charge in [-0.25, -0.2) is 4.98 Å². The molecule has 0 bridgehead atoms. The van der Waals surface area contributed by atoms with Crippen LogP contribution in [0, 0.1) is 5.41 Å². The van der Waals surface area contributed by atoms with E-state index < -0.39 is 11.4 Å². The molecule has 1 aromatic heterocycles. The van der Waals surface area contributed by atoms with Crippen LogP contribution in [0.5, 0.6) is 0 Å². The summed E-state index contributed by atoms with van der Waals surface area (Å²) in [6, 6.07) is 1.63. The van der Waals surface area contributed by atoms with Crippen LogP contribution in [0.3, 0.4) is 0 Å². The average Bonchev–Trinajstić information content (AvgIpc) is 2.41. The van der Waals surface area contributed by atoms with E-state index in [4.69, 9.17) is 11.6 Å². The van der Waals surface area contributed by atoms with Crippen LogP contribution >= 0.6 is 27.5 Å². The van der Waals surface area contributed by atoms with Crippen LogP contribution in [0.25, 0.3) is 0 Å². The number of aliphatic carboxylic acids is 1. The maximum atomic E-state index is 12.4. The van der Waals surface area contributed by atoms with Crippen molar-refractivity contribution < 1.29 is 14.7 Å². The molecule has 5 nitrogen and oxygen atoms in total. The standard InChI is InChI=1S/C13H14BrClN2O3/c1-13(12(19)20)2-4-17(5-3-13)11(18)9-6-8(14)7-16-10(9)15/h6-7H,2-5H2,1H3,(H,19,20). The molecule has 1 amide bonds.